The molecule has 0 amide bonds. The fraction of sp³-hybridized carbons (Fsp3) is 0.250. The van der Waals surface area contributed by atoms with E-state index in [1.165, 1.54) is 17.3 Å². The lowest BCUT2D eigenvalue weighted by atomic mass is 10.7. The summed E-state index contributed by atoms with van der Waals surface area (Å²) in [5, 5.41) is 14.2. The zero-order valence-corrected chi connectivity index (χ0v) is 7.62. The summed E-state index contributed by atoms with van der Waals surface area (Å²) in [6.07, 6.45) is 0. The van der Waals surface area contributed by atoms with Gasteiger partial charge in [0.15, 0.2) is 0 Å². The number of halogens is 2. The maximum atomic E-state index is 5.60. The van der Waals surface area contributed by atoms with E-state index in [9.17, 15) is 0 Å². The molecular formula is C4H4Cl2N4S. The summed E-state index contributed by atoms with van der Waals surface area (Å²) in [5.41, 5.74) is 1.31. The number of tetrazole rings is 1. The summed E-state index contributed by atoms with van der Waals surface area (Å²) < 4.78 is 0. The van der Waals surface area contributed by atoms with Crippen LogP contribution in [-0.4, -0.2) is 26.4 Å². The normalized spacial score (nSPS) is 12.0. The molecule has 0 unspecified atom stereocenters. The molecule has 0 bridgehead atoms. The van der Waals surface area contributed by atoms with Gasteiger partial charge in [0.2, 0.25) is 5.16 Å². The third-order valence-electron chi connectivity index (χ3n) is 0.783. The predicted octanol–water partition coefficient (Wildman–Crippen LogP) is 1.61. The summed E-state index contributed by atoms with van der Waals surface area (Å²) in [6.45, 7) is 0. The van der Waals surface area contributed by atoms with E-state index in [4.69, 9.17) is 23.2 Å². The first kappa shape index (κ1) is 8.83. The van der Waals surface area contributed by atoms with Crippen molar-refractivity contribution in [2.75, 3.05) is 5.75 Å². The summed E-state index contributed by atoms with van der Waals surface area (Å²) in [4.78, 5) is 0. The van der Waals surface area contributed by atoms with Crippen molar-refractivity contribution in [3.8, 4) is 0 Å². The molecule has 0 spiro atoms. The lowest BCUT2D eigenvalue weighted by molar-refractivity contribution is 0.881. The number of nitrogens with one attached hydrogen (secondary N) is 1. The van der Waals surface area contributed by atoms with Crippen LogP contribution in [0.3, 0.4) is 0 Å². The Hall–Kier alpha value is -0.260. The van der Waals surface area contributed by atoms with Crippen LogP contribution in [0.1, 0.15) is 0 Å². The van der Waals surface area contributed by atoms with Gasteiger partial charge in [-0.2, -0.15) is 5.21 Å². The van der Waals surface area contributed by atoms with Crippen molar-refractivity contribution in [3.63, 3.8) is 0 Å². The van der Waals surface area contributed by atoms with Gasteiger partial charge in [-0.25, -0.2) is 0 Å². The van der Waals surface area contributed by atoms with Crippen molar-refractivity contribution in [1.82, 2.24) is 20.6 Å². The van der Waals surface area contributed by atoms with Crippen molar-refractivity contribution in [2.24, 2.45) is 0 Å². The highest BCUT2D eigenvalue weighted by Crippen LogP contribution is 2.17. The molecule has 0 aromatic carbocycles. The monoisotopic (exact) mass is 210 g/mol. The van der Waals surface area contributed by atoms with Gasteiger partial charge in [0.1, 0.15) is 0 Å². The SMILES string of the molecule is Cl/C=C(/Cl)CSc1nn[nH]n1. The molecule has 4 nitrogen and oxygen atoms in total. The second-order valence-corrected chi connectivity index (χ2v) is 3.19. The molecule has 60 valence electrons. The van der Waals surface area contributed by atoms with Gasteiger partial charge in [-0.15, -0.1) is 10.2 Å². The van der Waals surface area contributed by atoms with Crippen molar-refractivity contribution in [3.05, 3.63) is 10.6 Å². The topological polar surface area (TPSA) is 54.5 Å². The smallest absolute Gasteiger partial charge is 0.176 e. The highest BCUT2D eigenvalue weighted by molar-refractivity contribution is 7.99. The minimum absolute atomic E-state index is 0.557. The van der Waals surface area contributed by atoms with Crippen LogP contribution in [0.5, 0.6) is 0 Å². The molecule has 1 aromatic rings. The molecule has 1 heterocycles. The van der Waals surface area contributed by atoms with Gasteiger partial charge in [-0.05, 0) is 5.21 Å². The van der Waals surface area contributed by atoms with Gasteiger partial charge in [-0.1, -0.05) is 35.0 Å². The Bertz CT molecular complexity index is 234. The zero-order valence-electron chi connectivity index (χ0n) is 5.29. The molecule has 0 aliphatic rings. The van der Waals surface area contributed by atoms with E-state index >= 15 is 0 Å². The molecule has 11 heavy (non-hydrogen) atoms. The molecule has 0 radical (unpaired) electrons. The summed E-state index contributed by atoms with van der Waals surface area (Å²) in [6, 6.07) is 0. The number of aromatic amines is 1. The maximum absolute atomic E-state index is 5.60. The second kappa shape index (κ2) is 4.58. The van der Waals surface area contributed by atoms with Crippen LogP contribution in [-0.2, 0) is 0 Å². The Kier molecular flexibility index (Phi) is 3.68. The minimum atomic E-state index is 0.557. The van der Waals surface area contributed by atoms with Crippen molar-refractivity contribution in [1.29, 1.82) is 0 Å². The van der Waals surface area contributed by atoms with Crippen molar-refractivity contribution >= 4 is 35.0 Å². The van der Waals surface area contributed by atoms with Crippen LogP contribution in [0, 0.1) is 0 Å². The number of H-pyrrole nitrogens is 1. The predicted molar refractivity (Wildman–Crippen MR) is 44.7 cm³/mol. The molecule has 0 fully saturated rings. The Labute approximate surface area is 77.3 Å². The van der Waals surface area contributed by atoms with Crippen LogP contribution in [0.15, 0.2) is 15.7 Å². The Morgan fingerprint density at radius 3 is 3.09 bits per heavy atom. The quantitative estimate of drug-likeness (QED) is 0.771. The number of thioether (sulfide) groups is 1. The lowest BCUT2D eigenvalue weighted by Gasteiger charge is -1.90. The maximum Gasteiger partial charge on any atom is 0.231 e. The molecule has 7 heteroatoms. The lowest BCUT2D eigenvalue weighted by Crippen LogP contribution is -1.80. The van der Waals surface area contributed by atoms with Gasteiger partial charge in [0, 0.05) is 16.3 Å². The van der Waals surface area contributed by atoms with Gasteiger partial charge < -0.3 is 0 Å². The molecule has 1 aromatic heterocycles. The second-order valence-electron chi connectivity index (χ2n) is 1.54. The van der Waals surface area contributed by atoms with Crippen molar-refractivity contribution in [2.45, 2.75) is 5.16 Å². The first-order valence-corrected chi connectivity index (χ1v) is 4.44. The molecule has 0 saturated heterocycles. The van der Waals surface area contributed by atoms with E-state index < -0.39 is 0 Å². The van der Waals surface area contributed by atoms with E-state index in [0.29, 0.717) is 15.9 Å². The summed E-state index contributed by atoms with van der Waals surface area (Å²) >= 11 is 12.3. The van der Waals surface area contributed by atoms with Gasteiger partial charge >= 0.3 is 0 Å². The number of aromatic nitrogens is 4. The Morgan fingerprint density at radius 1 is 1.73 bits per heavy atom. The molecule has 0 aliphatic carbocycles. The largest absolute Gasteiger partial charge is 0.231 e. The van der Waals surface area contributed by atoms with Crippen LogP contribution in [0.4, 0.5) is 0 Å². The van der Waals surface area contributed by atoms with Crippen LogP contribution < -0.4 is 0 Å². The van der Waals surface area contributed by atoms with E-state index in [-0.39, 0.29) is 0 Å². The van der Waals surface area contributed by atoms with E-state index in [1.807, 2.05) is 0 Å². The van der Waals surface area contributed by atoms with Gasteiger partial charge in [0.05, 0.1) is 0 Å². The number of hydrogen-bond donors (Lipinski definition) is 1. The van der Waals surface area contributed by atoms with Gasteiger partial charge in [0.25, 0.3) is 0 Å². The number of nitrogens with zero attached hydrogens (tertiary/aromatic N) is 3. The van der Waals surface area contributed by atoms with Crippen molar-refractivity contribution < 1.29 is 0 Å². The van der Waals surface area contributed by atoms with Gasteiger partial charge in [-0.3, -0.25) is 0 Å². The summed E-state index contributed by atoms with van der Waals surface area (Å²) in [5.74, 6) is 0.560. The highest BCUT2D eigenvalue weighted by atomic mass is 35.5. The highest BCUT2D eigenvalue weighted by Gasteiger charge is 1.99. The average molecular weight is 211 g/mol. The van der Waals surface area contributed by atoms with E-state index in [0.717, 1.165) is 0 Å². The molecule has 1 rings (SSSR count). The first-order chi connectivity index (χ1) is 5.33. The average Bonchev–Trinajstić information content (AvgIpc) is 2.52. The van der Waals surface area contributed by atoms with Crippen LogP contribution >= 0.6 is 35.0 Å². The number of hydrogen-bond acceptors (Lipinski definition) is 4. The Balaban J connectivity index is 2.35. The third-order valence-corrected chi connectivity index (χ3v) is 2.45. The molecular weight excluding hydrogens is 207 g/mol. The van der Waals surface area contributed by atoms with E-state index in [2.05, 4.69) is 20.6 Å². The number of rotatable bonds is 3. The fourth-order valence-electron chi connectivity index (χ4n) is 0.379. The van der Waals surface area contributed by atoms with Crippen LogP contribution in [0.2, 0.25) is 0 Å². The fourth-order valence-corrected chi connectivity index (χ4v) is 1.27. The minimum Gasteiger partial charge on any atom is -0.176 e. The zero-order chi connectivity index (χ0) is 8.10. The Morgan fingerprint density at radius 2 is 2.55 bits per heavy atom. The molecule has 0 atom stereocenters. The molecule has 0 saturated carbocycles. The molecule has 0 aliphatic heterocycles. The van der Waals surface area contributed by atoms with E-state index in [1.54, 1.807) is 0 Å². The third kappa shape index (κ3) is 3.09. The first-order valence-electron chi connectivity index (χ1n) is 2.64. The summed E-state index contributed by atoms with van der Waals surface area (Å²) in [7, 11) is 0. The standard InChI is InChI=1S/C4H4Cl2N4S/c5-1-3(6)2-11-4-7-9-10-8-4/h1H,2H2,(H,7,8,9,10)/b3-1+. The van der Waals surface area contributed by atoms with Crippen LogP contribution in [0.25, 0.3) is 0 Å². The molecule has 1 N–H and O–H groups in total.